The van der Waals surface area contributed by atoms with E-state index in [1.54, 1.807) is 25.1 Å². The van der Waals surface area contributed by atoms with E-state index in [1.807, 2.05) is 6.92 Å². The molecule has 1 aromatic rings. The van der Waals surface area contributed by atoms with E-state index in [0.717, 1.165) is 5.56 Å². The Kier molecular flexibility index (Phi) is 5.04. The summed E-state index contributed by atoms with van der Waals surface area (Å²) in [4.78, 5) is 1.27. The Bertz CT molecular complexity index is 405. The third-order valence-corrected chi connectivity index (χ3v) is 3.23. The van der Waals surface area contributed by atoms with Crippen LogP contribution in [0.5, 0.6) is 0 Å². The maximum atomic E-state index is 12.4. The Labute approximate surface area is 113 Å². The Balaban J connectivity index is 3.00. The van der Waals surface area contributed by atoms with Crippen molar-refractivity contribution in [2.45, 2.75) is 26.1 Å². The summed E-state index contributed by atoms with van der Waals surface area (Å²) in [6.07, 6.45) is -4.21. The maximum Gasteiger partial charge on any atom is 0.405 e. The molecular formula is C12H16BrF3N2. The molecule has 102 valence electrons. The molecule has 0 heterocycles. The van der Waals surface area contributed by atoms with Crippen LogP contribution in [0.3, 0.4) is 0 Å². The molecule has 2 nitrogen and oxygen atoms in total. The lowest BCUT2D eigenvalue weighted by Crippen LogP contribution is -2.34. The lowest BCUT2D eigenvalue weighted by molar-refractivity contribution is -0.119. The average molecular weight is 325 g/mol. The van der Waals surface area contributed by atoms with Crippen molar-refractivity contribution in [1.29, 1.82) is 0 Å². The number of anilines is 1. The first-order valence-electron chi connectivity index (χ1n) is 5.61. The molecule has 0 aliphatic carbocycles. The number of nitrogens with two attached hydrogens (primary N) is 1. The predicted molar refractivity (Wildman–Crippen MR) is 70.7 cm³/mol. The predicted octanol–water partition coefficient (Wildman–Crippen LogP) is 3.86. The first-order chi connectivity index (χ1) is 8.24. The minimum absolute atomic E-state index is 0.145. The van der Waals surface area contributed by atoms with E-state index < -0.39 is 12.7 Å². The second kappa shape index (κ2) is 5.93. The Morgan fingerprint density at radius 2 is 2.00 bits per heavy atom. The number of nitrogens with zero attached hydrogens (tertiary/aromatic N) is 1. The van der Waals surface area contributed by atoms with Crippen LogP contribution in [-0.2, 0) is 0 Å². The highest BCUT2D eigenvalue weighted by Crippen LogP contribution is 2.31. The average Bonchev–Trinajstić information content (AvgIpc) is 2.24. The van der Waals surface area contributed by atoms with Crippen molar-refractivity contribution in [3.8, 4) is 0 Å². The molecule has 0 saturated heterocycles. The monoisotopic (exact) mass is 324 g/mol. The van der Waals surface area contributed by atoms with Crippen LogP contribution in [0.1, 0.15) is 25.5 Å². The number of alkyl halides is 3. The summed E-state index contributed by atoms with van der Waals surface area (Å²) >= 11 is 3.30. The van der Waals surface area contributed by atoms with Crippen LogP contribution in [0.4, 0.5) is 18.9 Å². The smallest absolute Gasteiger partial charge is 0.362 e. The molecule has 1 atom stereocenters. The fraction of sp³-hybridized carbons (Fsp3) is 0.500. The van der Waals surface area contributed by atoms with Gasteiger partial charge in [0.05, 0.1) is 5.69 Å². The molecule has 0 fully saturated rings. The molecule has 18 heavy (non-hydrogen) atoms. The van der Waals surface area contributed by atoms with E-state index in [0.29, 0.717) is 10.2 Å². The number of benzene rings is 1. The van der Waals surface area contributed by atoms with Gasteiger partial charge in [-0.05, 0) is 47.5 Å². The number of hydrogen-bond acceptors (Lipinski definition) is 2. The van der Waals surface area contributed by atoms with Crippen LogP contribution >= 0.6 is 15.9 Å². The zero-order chi connectivity index (χ0) is 13.9. The van der Waals surface area contributed by atoms with Crippen molar-refractivity contribution in [2.75, 3.05) is 18.0 Å². The van der Waals surface area contributed by atoms with Crippen molar-refractivity contribution in [3.63, 3.8) is 0 Å². The second-order valence-corrected chi connectivity index (χ2v) is 4.98. The van der Waals surface area contributed by atoms with Crippen LogP contribution in [0.15, 0.2) is 22.7 Å². The lowest BCUT2D eigenvalue weighted by Gasteiger charge is -2.26. The number of hydrogen-bond donors (Lipinski definition) is 1. The molecule has 0 radical (unpaired) electrons. The molecule has 0 saturated carbocycles. The van der Waals surface area contributed by atoms with Gasteiger partial charge < -0.3 is 10.6 Å². The zero-order valence-electron chi connectivity index (χ0n) is 10.3. The highest BCUT2D eigenvalue weighted by molar-refractivity contribution is 9.10. The minimum atomic E-state index is -4.21. The molecule has 0 aliphatic heterocycles. The SMILES string of the molecule is CCN(CC(F)(F)F)c1ccc([C@@H](C)N)cc1Br. The van der Waals surface area contributed by atoms with Crippen LogP contribution in [0, 0.1) is 0 Å². The maximum absolute atomic E-state index is 12.4. The molecule has 0 amide bonds. The van der Waals surface area contributed by atoms with E-state index in [-0.39, 0.29) is 12.6 Å². The van der Waals surface area contributed by atoms with E-state index in [2.05, 4.69) is 15.9 Å². The highest BCUT2D eigenvalue weighted by atomic mass is 79.9. The Morgan fingerprint density at radius 3 is 2.39 bits per heavy atom. The second-order valence-electron chi connectivity index (χ2n) is 4.13. The summed E-state index contributed by atoms with van der Waals surface area (Å²) in [5, 5.41) is 0. The van der Waals surface area contributed by atoms with E-state index in [1.165, 1.54) is 4.90 Å². The molecule has 0 spiro atoms. The fourth-order valence-electron chi connectivity index (χ4n) is 1.65. The van der Waals surface area contributed by atoms with Gasteiger partial charge in [0.2, 0.25) is 0 Å². The zero-order valence-corrected chi connectivity index (χ0v) is 11.8. The van der Waals surface area contributed by atoms with Gasteiger partial charge in [-0.2, -0.15) is 13.2 Å². The molecule has 0 aromatic heterocycles. The quantitative estimate of drug-likeness (QED) is 0.911. The van der Waals surface area contributed by atoms with Gasteiger partial charge in [0.15, 0.2) is 0 Å². The van der Waals surface area contributed by atoms with E-state index in [9.17, 15) is 13.2 Å². The first kappa shape index (κ1) is 15.3. The van der Waals surface area contributed by atoms with Crippen LogP contribution < -0.4 is 10.6 Å². The van der Waals surface area contributed by atoms with Gasteiger partial charge in [-0.3, -0.25) is 0 Å². The summed E-state index contributed by atoms with van der Waals surface area (Å²) in [5.41, 5.74) is 7.14. The van der Waals surface area contributed by atoms with Gasteiger partial charge >= 0.3 is 6.18 Å². The van der Waals surface area contributed by atoms with Crippen molar-refractivity contribution >= 4 is 21.6 Å². The molecule has 1 aromatic carbocycles. The summed E-state index contributed by atoms with van der Waals surface area (Å²) in [6.45, 7) is 2.85. The van der Waals surface area contributed by atoms with Crippen LogP contribution in [-0.4, -0.2) is 19.3 Å². The molecule has 1 rings (SSSR count). The molecule has 2 N–H and O–H groups in total. The van der Waals surface area contributed by atoms with Gasteiger partial charge in [-0.1, -0.05) is 6.07 Å². The molecule has 0 aliphatic rings. The Hall–Kier alpha value is -0.750. The highest BCUT2D eigenvalue weighted by Gasteiger charge is 2.30. The number of halogens is 4. The van der Waals surface area contributed by atoms with Gasteiger partial charge in [0, 0.05) is 17.1 Å². The summed E-state index contributed by atoms with van der Waals surface area (Å²) < 4.78 is 38.0. The number of rotatable bonds is 4. The van der Waals surface area contributed by atoms with Gasteiger partial charge in [-0.25, -0.2) is 0 Å². The summed E-state index contributed by atoms with van der Waals surface area (Å²) in [6, 6.07) is 5.04. The van der Waals surface area contributed by atoms with Gasteiger partial charge in [-0.15, -0.1) is 0 Å². The van der Waals surface area contributed by atoms with Gasteiger partial charge in [0.25, 0.3) is 0 Å². The van der Waals surface area contributed by atoms with Crippen molar-refractivity contribution in [1.82, 2.24) is 0 Å². The normalized spacial score (nSPS) is 13.5. The van der Waals surface area contributed by atoms with Crippen LogP contribution in [0.25, 0.3) is 0 Å². The molecule has 6 heteroatoms. The van der Waals surface area contributed by atoms with Gasteiger partial charge in [0.1, 0.15) is 6.54 Å². The topological polar surface area (TPSA) is 29.3 Å². The van der Waals surface area contributed by atoms with Crippen molar-refractivity contribution in [3.05, 3.63) is 28.2 Å². The molecular weight excluding hydrogens is 309 g/mol. The largest absolute Gasteiger partial charge is 0.405 e. The van der Waals surface area contributed by atoms with Crippen molar-refractivity contribution < 1.29 is 13.2 Å². The minimum Gasteiger partial charge on any atom is -0.362 e. The third kappa shape index (κ3) is 4.17. The van der Waals surface area contributed by atoms with E-state index >= 15 is 0 Å². The fourth-order valence-corrected chi connectivity index (χ4v) is 2.29. The Morgan fingerprint density at radius 1 is 1.39 bits per heavy atom. The molecule has 0 bridgehead atoms. The first-order valence-corrected chi connectivity index (χ1v) is 6.40. The van der Waals surface area contributed by atoms with E-state index in [4.69, 9.17) is 5.73 Å². The van der Waals surface area contributed by atoms with Crippen LogP contribution in [0.2, 0.25) is 0 Å². The molecule has 0 unspecified atom stereocenters. The lowest BCUT2D eigenvalue weighted by atomic mass is 10.1. The third-order valence-electron chi connectivity index (χ3n) is 2.59. The summed E-state index contributed by atoms with van der Waals surface area (Å²) in [5.74, 6) is 0. The van der Waals surface area contributed by atoms with Crippen molar-refractivity contribution in [2.24, 2.45) is 5.73 Å². The standard InChI is InChI=1S/C12H16BrF3N2/c1-3-18(7-12(14,15)16)11-5-4-9(8(2)17)6-10(11)13/h4-6,8H,3,7,17H2,1-2H3/t8-/m1/s1. The summed E-state index contributed by atoms with van der Waals surface area (Å²) in [7, 11) is 0.